The fourth-order valence-corrected chi connectivity index (χ4v) is 2.12. The Morgan fingerprint density at radius 3 is 2.38 bits per heavy atom. The number of rotatable bonds is 5. The van der Waals surface area contributed by atoms with Crippen molar-refractivity contribution in [3.8, 4) is 0 Å². The second kappa shape index (κ2) is 5.92. The average Bonchev–Trinajstić information content (AvgIpc) is 2.29. The van der Waals surface area contributed by atoms with Crippen LogP contribution in [-0.4, -0.2) is 10.2 Å². The number of nitrogens with two attached hydrogens (primary N) is 1. The fourth-order valence-electron chi connectivity index (χ4n) is 2.12. The lowest BCUT2D eigenvalue weighted by molar-refractivity contribution is 0.343. The lowest BCUT2D eigenvalue weighted by Crippen LogP contribution is -2.34. The minimum Gasteiger partial charge on any atom is -0.271 e. The molecule has 0 radical (unpaired) electrons. The molecule has 4 nitrogen and oxygen atoms in total. The summed E-state index contributed by atoms with van der Waals surface area (Å²) in [6.45, 7) is 8.32. The van der Waals surface area contributed by atoms with Crippen LogP contribution < -0.4 is 11.3 Å². The van der Waals surface area contributed by atoms with Gasteiger partial charge in [-0.25, -0.2) is 0 Å². The predicted octanol–water partition coefficient (Wildman–Crippen LogP) is 2.03. The Kier molecular flexibility index (Phi) is 4.83. The molecule has 1 heterocycles. The first kappa shape index (κ1) is 13.1. The molecule has 0 aromatic carbocycles. The summed E-state index contributed by atoms with van der Waals surface area (Å²) in [5.41, 5.74) is 5.99. The summed E-state index contributed by atoms with van der Waals surface area (Å²) in [5, 5.41) is 8.20. The molecule has 0 saturated heterocycles. The molecule has 1 aromatic rings. The van der Waals surface area contributed by atoms with E-state index in [9.17, 15) is 0 Å². The van der Waals surface area contributed by atoms with Gasteiger partial charge in [-0.2, -0.15) is 10.2 Å². The van der Waals surface area contributed by atoms with Gasteiger partial charge in [0.1, 0.15) is 0 Å². The number of nitrogens with zero attached hydrogens (tertiary/aromatic N) is 2. The molecule has 4 heteroatoms. The Morgan fingerprint density at radius 2 is 1.88 bits per heavy atom. The molecule has 0 bridgehead atoms. The first-order valence-electron chi connectivity index (χ1n) is 5.90. The molecule has 0 fully saturated rings. The largest absolute Gasteiger partial charge is 0.271 e. The van der Waals surface area contributed by atoms with Gasteiger partial charge in [-0.1, -0.05) is 26.7 Å². The van der Waals surface area contributed by atoms with E-state index in [1.807, 2.05) is 13.8 Å². The highest BCUT2D eigenvalue weighted by molar-refractivity contribution is 5.24. The quantitative estimate of drug-likeness (QED) is 0.591. The van der Waals surface area contributed by atoms with Crippen molar-refractivity contribution in [3.63, 3.8) is 0 Å². The average molecular weight is 222 g/mol. The summed E-state index contributed by atoms with van der Waals surface area (Å²) in [4.78, 5) is 0. The van der Waals surface area contributed by atoms with Gasteiger partial charge in [0.15, 0.2) is 0 Å². The van der Waals surface area contributed by atoms with Crippen molar-refractivity contribution in [2.45, 2.75) is 46.6 Å². The summed E-state index contributed by atoms with van der Waals surface area (Å²) in [6.07, 6.45) is 2.21. The standard InChI is InChI=1S/C12H22N4/c1-5-10(6-2)12(14-13)11-7-8(3)15-16-9(11)4/h7,10,12,14H,5-6,13H2,1-4H3. The maximum atomic E-state index is 5.68. The maximum absolute atomic E-state index is 5.68. The van der Waals surface area contributed by atoms with E-state index >= 15 is 0 Å². The lowest BCUT2D eigenvalue weighted by Gasteiger charge is -2.25. The highest BCUT2D eigenvalue weighted by Gasteiger charge is 2.21. The summed E-state index contributed by atoms with van der Waals surface area (Å²) in [5.74, 6) is 6.21. The Morgan fingerprint density at radius 1 is 1.25 bits per heavy atom. The van der Waals surface area contributed by atoms with E-state index in [0.29, 0.717) is 5.92 Å². The molecule has 1 atom stereocenters. The molecule has 0 saturated carbocycles. The second-order valence-electron chi connectivity index (χ2n) is 4.25. The third kappa shape index (κ3) is 2.77. The Bertz CT molecular complexity index is 334. The summed E-state index contributed by atoms with van der Waals surface area (Å²) < 4.78 is 0. The molecule has 0 spiro atoms. The highest BCUT2D eigenvalue weighted by Crippen LogP contribution is 2.28. The van der Waals surface area contributed by atoms with Crippen molar-refractivity contribution in [2.24, 2.45) is 11.8 Å². The Balaban J connectivity index is 3.06. The van der Waals surface area contributed by atoms with Gasteiger partial charge in [-0.05, 0) is 31.4 Å². The lowest BCUT2D eigenvalue weighted by atomic mass is 9.88. The van der Waals surface area contributed by atoms with Crippen LogP contribution in [0, 0.1) is 19.8 Å². The van der Waals surface area contributed by atoms with E-state index in [-0.39, 0.29) is 6.04 Å². The minimum absolute atomic E-state index is 0.171. The van der Waals surface area contributed by atoms with E-state index in [0.717, 1.165) is 24.2 Å². The van der Waals surface area contributed by atoms with E-state index in [1.54, 1.807) is 0 Å². The topological polar surface area (TPSA) is 63.8 Å². The van der Waals surface area contributed by atoms with Crippen LogP contribution in [0.3, 0.4) is 0 Å². The van der Waals surface area contributed by atoms with Crippen molar-refractivity contribution in [1.29, 1.82) is 0 Å². The van der Waals surface area contributed by atoms with E-state index in [1.165, 1.54) is 5.56 Å². The fraction of sp³-hybridized carbons (Fsp3) is 0.667. The molecule has 90 valence electrons. The Labute approximate surface area is 97.6 Å². The molecule has 0 aliphatic heterocycles. The van der Waals surface area contributed by atoms with Gasteiger partial charge < -0.3 is 0 Å². The van der Waals surface area contributed by atoms with Crippen LogP contribution in [0.1, 0.15) is 49.7 Å². The first-order valence-corrected chi connectivity index (χ1v) is 5.90. The molecule has 16 heavy (non-hydrogen) atoms. The normalized spacial score (nSPS) is 13.1. The van der Waals surface area contributed by atoms with Gasteiger partial charge >= 0.3 is 0 Å². The number of hydrogen-bond acceptors (Lipinski definition) is 4. The van der Waals surface area contributed by atoms with Crippen LogP contribution in [0.2, 0.25) is 0 Å². The number of aromatic nitrogens is 2. The van der Waals surface area contributed by atoms with Crippen LogP contribution in [0.4, 0.5) is 0 Å². The van der Waals surface area contributed by atoms with Gasteiger partial charge in [0.05, 0.1) is 17.4 Å². The zero-order chi connectivity index (χ0) is 12.1. The molecule has 0 aliphatic rings. The molecule has 3 N–H and O–H groups in total. The van der Waals surface area contributed by atoms with Gasteiger partial charge in [-0.15, -0.1) is 0 Å². The predicted molar refractivity (Wildman–Crippen MR) is 65.6 cm³/mol. The molecule has 0 amide bonds. The van der Waals surface area contributed by atoms with Crippen LogP contribution in [0.5, 0.6) is 0 Å². The van der Waals surface area contributed by atoms with Crippen molar-refractivity contribution in [3.05, 3.63) is 23.0 Å². The molecule has 1 rings (SSSR count). The van der Waals surface area contributed by atoms with Gasteiger partial charge in [0.2, 0.25) is 0 Å². The third-order valence-electron chi connectivity index (χ3n) is 3.17. The summed E-state index contributed by atoms with van der Waals surface area (Å²) in [6, 6.07) is 2.25. The summed E-state index contributed by atoms with van der Waals surface area (Å²) in [7, 11) is 0. The van der Waals surface area contributed by atoms with Gasteiger partial charge in [0.25, 0.3) is 0 Å². The van der Waals surface area contributed by atoms with Gasteiger partial charge in [0, 0.05) is 0 Å². The molecular formula is C12H22N4. The maximum Gasteiger partial charge on any atom is 0.0648 e. The molecule has 1 aromatic heterocycles. The second-order valence-corrected chi connectivity index (χ2v) is 4.25. The molecular weight excluding hydrogens is 200 g/mol. The highest BCUT2D eigenvalue weighted by atomic mass is 15.2. The number of hydrazine groups is 1. The van der Waals surface area contributed by atoms with Crippen LogP contribution in [0.15, 0.2) is 6.07 Å². The van der Waals surface area contributed by atoms with Gasteiger partial charge in [-0.3, -0.25) is 11.3 Å². The molecule has 0 aliphatic carbocycles. The zero-order valence-corrected chi connectivity index (χ0v) is 10.6. The van der Waals surface area contributed by atoms with Crippen molar-refractivity contribution in [2.75, 3.05) is 0 Å². The first-order chi connectivity index (χ1) is 7.63. The summed E-state index contributed by atoms with van der Waals surface area (Å²) >= 11 is 0. The van der Waals surface area contributed by atoms with Crippen LogP contribution in [-0.2, 0) is 0 Å². The van der Waals surface area contributed by atoms with Crippen molar-refractivity contribution in [1.82, 2.24) is 15.6 Å². The third-order valence-corrected chi connectivity index (χ3v) is 3.17. The van der Waals surface area contributed by atoms with E-state index in [4.69, 9.17) is 5.84 Å². The van der Waals surface area contributed by atoms with Crippen LogP contribution >= 0.6 is 0 Å². The Hall–Kier alpha value is -1.00. The number of nitrogens with one attached hydrogen (secondary N) is 1. The number of aryl methyl sites for hydroxylation is 2. The monoisotopic (exact) mass is 222 g/mol. The number of hydrogen-bond donors (Lipinski definition) is 2. The van der Waals surface area contributed by atoms with Crippen molar-refractivity contribution < 1.29 is 0 Å². The minimum atomic E-state index is 0.171. The molecule has 1 unspecified atom stereocenters. The van der Waals surface area contributed by atoms with Crippen molar-refractivity contribution >= 4 is 0 Å². The van der Waals surface area contributed by atoms with E-state index < -0.39 is 0 Å². The zero-order valence-electron chi connectivity index (χ0n) is 10.6. The smallest absolute Gasteiger partial charge is 0.0648 e. The SMILES string of the molecule is CCC(CC)C(NN)c1cc(C)nnc1C. The van der Waals surface area contributed by atoms with E-state index in [2.05, 4.69) is 35.5 Å². The van der Waals surface area contributed by atoms with Crippen LogP contribution in [0.25, 0.3) is 0 Å².